The van der Waals surface area contributed by atoms with Crippen molar-refractivity contribution in [3.63, 3.8) is 0 Å². The molecular formula is C23H44NO3. The smallest absolute Gasteiger partial charge is 0.431 e. The van der Waals surface area contributed by atoms with Gasteiger partial charge in [-0.1, -0.05) is 84.0 Å². The van der Waals surface area contributed by atoms with Crippen molar-refractivity contribution in [3.8, 4) is 0 Å². The van der Waals surface area contributed by atoms with Gasteiger partial charge in [0, 0.05) is 6.54 Å². The lowest BCUT2D eigenvalue weighted by molar-refractivity contribution is -0.0176. The van der Waals surface area contributed by atoms with Gasteiger partial charge in [-0.25, -0.2) is 10.1 Å². The van der Waals surface area contributed by atoms with Gasteiger partial charge < -0.3 is 9.47 Å². The summed E-state index contributed by atoms with van der Waals surface area (Å²) in [6.07, 6.45) is 20.7. The molecule has 0 N–H and O–H groups in total. The summed E-state index contributed by atoms with van der Waals surface area (Å²) in [6.45, 7) is 5.03. The Balaban J connectivity index is 1.82. The van der Waals surface area contributed by atoms with E-state index >= 15 is 0 Å². The molecule has 0 aliphatic carbocycles. The second kappa shape index (κ2) is 17.3. The van der Waals surface area contributed by atoms with E-state index in [-0.39, 0.29) is 12.3 Å². The van der Waals surface area contributed by atoms with Gasteiger partial charge in [0.15, 0.2) is 6.23 Å². The summed E-state index contributed by atoms with van der Waals surface area (Å²) in [5.74, 6) is 0. The summed E-state index contributed by atoms with van der Waals surface area (Å²) in [5, 5.41) is 4.29. The number of unbranched alkanes of at least 4 members (excludes halogenated alkanes) is 12. The number of hydrogen-bond donors (Lipinski definition) is 0. The first-order chi connectivity index (χ1) is 13.2. The van der Waals surface area contributed by atoms with Crippen LogP contribution < -0.4 is 5.32 Å². The number of nitrogens with zero attached hydrogens (tertiary/aromatic N) is 1. The summed E-state index contributed by atoms with van der Waals surface area (Å²) >= 11 is 0. The minimum atomic E-state index is -0.548. The molecule has 1 fully saturated rings. The van der Waals surface area contributed by atoms with Crippen LogP contribution in [0, 0.1) is 0 Å². The van der Waals surface area contributed by atoms with Gasteiger partial charge in [-0.3, -0.25) is 0 Å². The van der Waals surface area contributed by atoms with Crippen molar-refractivity contribution in [2.45, 2.75) is 135 Å². The van der Waals surface area contributed by atoms with Gasteiger partial charge in [-0.15, -0.1) is 0 Å². The molecule has 1 radical (unpaired) electrons. The molecule has 159 valence electrons. The second-order valence-corrected chi connectivity index (χ2v) is 8.18. The van der Waals surface area contributed by atoms with Crippen LogP contribution in [0.25, 0.3) is 0 Å². The van der Waals surface area contributed by atoms with E-state index in [4.69, 9.17) is 9.47 Å². The predicted molar refractivity (Wildman–Crippen MR) is 112 cm³/mol. The molecule has 0 spiro atoms. The van der Waals surface area contributed by atoms with Gasteiger partial charge in [-0.2, -0.15) is 0 Å². The number of carbonyl (C=O) groups is 1. The summed E-state index contributed by atoms with van der Waals surface area (Å²) < 4.78 is 10.6. The number of carbonyl (C=O) groups excluding carboxylic acids is 1. The molecule has 1 saturated heterocycles. The highest BCUT2D eigenvalue weighted by molar-refractivity contribution is 5.60. The van der Waals surface area contributed by atoms with Crippen molar-refractivity contribution in [3.05, 3.63) is 0 Å². The Morgan fingerprint density at radius 1 is 0.889 bits per heavy atom. The zero-order chi connectivity index (χ0) is 19.6. The van der Waals surface area contributed by atoms with Gasteiger partial charge in [0.05, 0.1) is 0 Å². The maximum absolute atomic E-state index is 11.8. The first kappa shape index (κ1) is 24.3. The molecule has 0 aromatic rings. The molecule has 0 amide bonds. The third kappa shape index (κ3) is 14.9. The molecule has 0 aromatic carbocycles. The lowest BCUT2D eigenvalue weighted by Gasteiger charge is -2.22. The highest BCUT2D eigenvalue weighted by atomic mass is 16.7. The van der Waals surface area contributed by atoms with E-state index in [0.29, 0.717) is 0 Å². The van der Waals surface area contributed by atoms with Gasteiger partial charge in [0.25, 0.3) is 0 Å². The van der Waals surface area contributed by atoms with E-state index in [1.165, 1.54) is 77.0 Å². The summed E-state index contributed by atoms with van der Waals surface area (Å²) in [4.78, 5) is 11.8. The largest absolute Gasteiger partial charge is 0.510 e. The number of piperidine rings is 1. The lowest BCUT2D eigenvalue weighted by Crippen LogP contribution is -2.33. The van der Waals surface area contributed by atoms with E-state index in [9.17, 15) is 4.79 Å². The molecule has 0 aromatic heterocycles. The van der Waals surface area contributed by atoms with Crippen molar-refractivity contribution < 1.29 is 14.3 Å². The first-order valence-electron chi connectivity index (χ1n) is 11.8. The zero-order valence-corrected chi connectivity index (χ0v) is 18.1. The van der Waals surface area contributed by atoms with Crippen molar-refractivity contribution >= 4 is 6.16 Å². The van der Waals surface area contributed by atoms with E-state index in [1.54, 1.807) is 0 Å². The minimum absolute atomic E-state index is 0.0613. The van der Waals surface area contributed by atoms with Crippen LogP contribution in [0.4, 0.5) is 4.79 Å². The Labute approximate surface area is 168 Å². The third-order valence-corrected chi connectivity index (χ3v) is 5.44. The van der Waals surface area contributed by atoms with Crippen LogP contribution in [0.2, 0.25) is 0 Å². The molecule has 4 heteroatoms. The Hall–Kier alpha value is -0.770. The fraction of sp³-hybridized carbons (Fsp3) is 0.957. The molecule has 2 unspecified atom stereocenters. The monoisotopic (exact) mass is 382 g/mol. The van der Waals surface area contributed by atoms with Gasteiger partial charge in [-0.05, 0) is 39.0 Å². The molecule has 0 saturated carbocycles. The Bertz CT molecular complexity index is 343. The van der Waals surface area contributed by atoms with Crippen molar-refractivity contribution in [2.75, 3.05) is 6.54 Å². The van der Waals surface area contributed by atoms with E-state index < -0.39 is 6.16 Å². The van der Waals surface area contributed by atoms with Crippen LogP contribution in [0.1, 0.15) is 123 Å². The number of hydrogen-bond acceptors (Lipinski definition) is 3. The van der Waals surface area contributed by atoms with Crippen LogP contribution in [0.5, 0.6) is 0 Å². The van der Waals surface area contributed by atoms with E-state index in [2.05, 4.69) is 12.2 Å². The van der Waals surface area contributed by atoms with Crippen LogP contribution in [-0.4, -0.2) is 25.0 Å². The molecule has 0 bridgehead atoms. The summed E-state index contributed by atoms with van der Waals surface area (Å²) in [5.41, 5.74) is 0. The fourth-order valence-corrected chi connectivity index (χ4v) is 3.67. The lowest BCUT2D eigenvalue weighted by atomic mass is 10.0. The Morgan fingerprint density at radius 2 is 1.44 bits per heavy atom. The van der Waals surface area contributed by atoms with E-state index in [0.717, 1.165) is 38.6 Å². The van der Waals surface area contributed by atoms with Crippen LogP contribution in [-0.2, 0) is 9.47 Å². The van der Waals surface area contributed by atoms with Gasteiger partial charge in [0.2, 0.25) is 0 Å². The highest BCUT2D eigenvalue weighted by Gasteiger charge is 2.20. The first-order valence-corrected chi connectivity index (χ1v) is 11.8. The van der Waals surface area contributed by atoms with Crippen LogP contribution in [0.15, 0.2) is 0 Å². The summed E-state index contributed by atoms with van der Waals surface area (Å²) in [7, 11) is 0. The van der Waals surface area contributed by atoms with Crippen molar-refractivity contribution in [1.29, 1.82) is 0 Å². The van der Waals surface area contributed by atoms with Gasteiger partial charge >= 0.3 is 6.16 Å². The predicted octanol–water partition coefficient (Wildman–Crippen LogP) is 7.12. The molecular weight excluding hydrogens is 338 g/mol. The molecule has 4 nitrogen and oxygen atoms in total. The molecule has 27 heavy (non-hydrogen) atoms. The molecule has 1 heterocycles. The minimum Gasteiger partial charge on any atom is -0.431 e. The number of ether oxygens (including phenoxy) is 2. The second-order valence-electron chi connectivity index (χ2n) is 8.18. The normalized spacial score (nSPS) is 18.2. The van der Waals surface area contributed by atoms with E-state index in [1.807, 2.05) is 6.92 Å². The standard InChI is InChI=1S/C23H44NO3/c1-3-4-5-6-7-8-9-10-11-12-13-14-15-18-21(2)26-23(25)27-22-19-16-17-20-24-22/h21-22H,3-20H2,1-2H3. The van der Waals surface area contributed by atoms with Crippen molar-refractivity contribution in [2.24, 2.45) is 0 Å². The number of rotatable bonds is 16. The SMILES string of the molecule is CCCCCCCCCCCCCCCC(C)OC(=O)OC1CCCC[N]1. The molecule has 1 aliphatic rings. The maximum atomic E-state index is 11.8. The summed E-state index contributed by atoms with van der Waals surface area (Å²) in [6, 6.07) is 0. The highest BCUT2D eigenvalue weighted by Crippen LogP contribution is 2.15. The fourth-order valence-electron chi connectivity index (χ4n) is 3.67. The zero-order valence-electron chi connectivity index (χ0n) is 18.1. The topological polar surface area (TPSA) is 49.6 Å². The molecule has 2 atom stereocenters. The van der Waals surface area contributed by atoms with Gasteiger partial charge in [0.1, 0.15) is 6.10 Å². The quantitative estimate of drug-likeness (QED) is 0.211. The third-order valence-electron chi connectivity index (χ3n) is 5.44. The molecule has 1 aliphatic heterocycles. The van der Waals surface area contributed by atoms with Crippen LogP contribution >= 0.6 is 0 Å². The Kier molecular flexibility index (Phi) is 15.6. The average Bonchev–Trinajstić information content (AvgIpc) is 2.66. The van der Waals surface area contributed by atoms with Crippen molar-refractivity contribution in [1.82, 2.24) is 5.32 Å². The Morgan fingerprint density at radius 3 is 1.96 bits per heavy atom. The van der Waals surface area contributed by atoms with Crippen LogP contribution in [0.3, 0.4) is 0 Å². The average molecular weight is 383 g/mol. The maximum Gasteiger partial charge on any atom is 0.510 e. The molecule has 1 rings (SSSR count).